The fourth-order valence-electron chi connectivity index (χ4n) is 1.19. The van der Waals surface area contributed by atoms with Crippen molar-refractivity contribution < 1.29 is 13.9 Å². The van der Waals surface area contributed by atoms with Crippen molar-refractivity contribution in [1.29, 1.82) is 0 Å². The van der Waals surface area contributed by atoms with Crippen LogP contribution in [0.25, 0.3) is 0 Å². The molecule has 0 aliphatic rings. The largest absolute Gasteiger partial charge is 0.462 e. The van der Waals surface area contributed by atoms with Gasteiger partial charge in [-0.05, 0) is 13.8 Å². The third-order valence-corrected chi connectivity index (χ3v) is 2.06. The van der Waals surface area contributed by atoms with Gasteiger partial charge < -0.3 is 10.5 Å². The number of aromatic nitrogens is 2. The van der Waals surface area contributed by atoms with Gasteiger partial charge in [0, 0.05) is 0 Å². The fourth-order valence-corrected chi connectivity index (χ4v) is 1.19. The maximum absolute atomic E-state index is 11.7. The number of alkyl halides is 1. The van der Waals surface area contributed by atoms with Gasteiger partial charge >= 0.3 is 5.97 Å². The van der Waals surface area contributed by atoms with E-state index in [1.807, 2.05) is 0 Å². The lowest BCUT2D eigenvalue weighted by Gasteiger charge is -2.04. The van der Waals surface area contributed by atoms with E-state index in [0.29, 0.717) is 17.1 Å². The molecule has 0 fully saturated rings. The molecular formula is C9H14FN3O2. The summed E-state index contributed by atoms with van der Waals surface area (Å²) in [7, 11) is 0. The number of ether oxygens (including phenoxy) is 1. The van der Waals surface area contributed by atoms with Gasteiger partial charge in [0.2, 0.25) is 0 Å². The van der Waals surface area contributed by atoms with Crippen molar-refractivity contribution >= 4 is 11.7 Å². The van der Waals surface area contributed by atoms with Crippen LogP contribution in [0, 0.1) is 13.8 Å². The third-order valence-electron chi connectivity index (χ3n) is 2.06. The summed E-state index contributed by atoms with van der Waals surface area (Å²) >= 11 is 0. The summed E-state index contributed by atoms with van der Waals surface area (Å²) in [6, 6.07) is 0. The Morgan fingerprint density at radius 1 is 1.60 bits per heavy atom. The van der Waals surface area contributed by atoms with E-state index in [0.717, 1.165) is 0 Å². The Kier molecular flexibility index (Phi) is 3.65. The minimum absolute atomic E-state index is 0.0378. The van der Waals surface area contributed by atoms with E-state index in [4.69, 9.17) is 5.73 Å². The molecule has 2 N–H and O–H groups in total. The smallest absolute Gasteiger partial charge is 0.327 e. The second-order valence-corrected chi connectivity index (χ2v) is 3.15. The summed E-state index contributed by atoms with van der Waals surface area (Å²) in [5.41, 5.74) is 7.63. The van der Waals surface area contributed by atoms with E-state index < -0.39 is 12.6 Å². The molecule has 0 spiro atoms. The average Bonchev–Trinajstić information content (AvgIpc) is 2.43. The highest BCUT2D eigenvalue weighted by Crippen LogP contribution is 2.14. The Labute approximate surface area is 87.0 Å². The molecule has 0 bridgehead atoms. The highest BCUT2D eigenvalue weighted by molar-refractivity contribution is 5.69. The van der Waals surface area contributed by atoms with Gasteiger partial charge in [0.1, 0.15) is 19.8 Å². The lowest BCUT2D eigenvalue weighted by atomic mass is 10.3. The molecule has 1 aromatic rings. The molecule has 1 aromatic heterocycles. The zero-order valence-corrected chi connectivity index (χ0v) is 8.79. The lowest BCUT2D eigenvalue weighted by molar-refractivity contribution is -0.145. The first kappa shape index (κ1) is 11.5. The van der Waals surface area contributed by atoms with E-state index >= 15 is 0 Å². The molecule has 84 valence electrons. The second-order valence-electron chi connectivity index (χ2n) is 3.15. The number of hydrogen-bond donors (Lipinski definition) is 1. The maximum atomic E-state index is 11.7. The highest BCUT2D eigenvalue weighted by atomic mass is 19.1. The maximum Gasteiger partial charge on any atom is 0.327 e. The molecular weight excluding hydrogens is 201 g/mol. The molecule has 0 aliphatic carbocycles. The molecule has 6 heteroatoms. The van der Waals surface area contributed by atoms with Gasteiger partial charge in [-0.15, -0.1) is 0 Å². The molecule has 0 saturated heterocycles. The first-order valence-electron chi connectivity index (χ1n) is 4.57. The number of anilines is 1. The molecule has 0 aliphatic heterocycles. The first-order chi connectivity index (χ1) is 7.06. The average molecular weight is 215 g/mol. The number of rotatable bonds is 4. The van der Waals surface area contributed by atoms with Gasteiger partial charge in [-0.1, -0.05) is 0 Å². The zero-order valence-electron chi connectivity index (χ0n) is 8.79. The van der Waals surface area contributed by atoms with Crippen molar-refractivity contribution in [2.45, 2.75) is 20.4 Å². The van der Waals surface area contributed by atoms with Crippen LogP contribution in [-0.2, 0) is 16.1 Å². The van der Waals surface area contributed by atoms with Gasteiger partial charge in [0.05, 0.1) is 17.1 Å². The van der Waals surface area contributed by atoms with Crippen molar-refractivity contribution in [2.24, 2.45) is 0 Å². The third kappa shape index (κ3) is 2.68. The normalized spacial score (nSPS) is 10.3. The first-order valence-corrected chi connectivity index (χ1v) is 4.57. The second kappa shape index (κ2) is 4.77. The molecule has 15 heavy (non-hydrogen) atoms. The Hall–Kier alpha value is -1.59. The van der Waals surface area contributed by atoms with E-state index in [1.54, 1.807) is 13.8 Å². The zero-order chi connectivity index (χ0) is 11.4. The number of nitrogens with two attached hydrogens (primary N) is 1. The van der Waals surface area contributed by atoms with Gasteiger partial charge in [0.15, 0.2) is 0 Å². The number of esters is 1. The monoisotopic (exact) mass is 215 g/mol. The number of nitrogen functional groups attached to an aromatic ring is 1. The van der Waals surface area contributed by atoms with E-state index in [9.17, 15) is 9.18 Å². The predicted octanol–water partition coefficient (Wildman–Crippen LogP) is 0.595. The fraction of sp³-hybridized carbons (Fsp3) is 0.556. The van der Waals surface area contributed by atoms with Crippen molar-refractivity contribution in [1.82, 2.24) is 9.78 Å². The van der Waals surface area contributed by atoms with Gasteiger partial charge in [-0.3, -0.25) is 9.48 Å². The van der Waals surface area contributed by atoms with Crippen LogP contribution in [0.2, 0.25) is 0 Å². The van der Waals surface area contributed by atoms with Crippen LogP contribution in [-0.4, -0.2) is 29.0 Å². The van der Waals surface area contributed by atoms with Crippen LogP contribution < -0.4 is 5.73 Å². The summed E-state index contributed by atoms with van der Waals surface area (Å²) in [4.78, 5) is 11.2. The number of carbonyl (C=O) groups excluding carboxylic acids is 1. The molecule has 1 heterocycles. The summed E-state index contributed by atoms with van der Waals surface area (Å²) in [5.74, 6) is -0.516. The summed E-state index contributed by atoms with van der Waals surface area (Å²) in [5, 5.41) is 4.05. The number of hydrogen-bond acceptors (Lipinski definition) is 4. The molecule has 0 aromatic carbocycles. The summed E-state index contributed by atoms with van der Waals surface area (Å²) < 4.78 is 17.8. The van der Waals surface area contributed by atoms with Crippen molar-refractivity contribution in [2.75, 3.05) is 19.0 Å². The molecule has 0 unspecified atom stereocenters. The van der Waals surface area contributed by atoms with E-state index in [-0.39, 0.29) is 13.2 Å². The van der Waals surface area contributed by atoms with Crippen LogP contribution in [0.15, 0.2) is 0 Å². The molecule has 0 saturated carbocycles. The quantitative estimate of drug-likeness (QED) is 0.746. The number of nitrogens with zero attached hydrogens (tertiary/aromatic N) is 2. The van der Waals surface area contributed by atoms with Crippen LogP contribution >= 0.6 is 0 Å². The van der Waals surface area contributed by atoms with Crippen molar-refractivity contribution in [3.63, 3.8) is 0 Å². The standard InChI is InChI=1S/C9H14FN3O2/c1-6-9(11)7(2)13(12-6)5-8(14)15-4-3-10/h3-5,11H2,1-2H3. The summed E-state index contributed by atoms with van der Waals surface area (Å²) in [6.45, 7) is 2.59. The Morgan fingerprint density at radius 3 is 2.73 bits per heavy atom. The van der Waals surface area contributed by atoms with Crippen molar-refractivity contribution in [3.05, 3.63) is 11.4 Å². The minimum atomic E-state index is -0.676. The molecule has 0 atom stereocenters. The Bertz CT molecular complexity index is 362. The van der Waals surface area contributed by atoms with E-state index in [1.165, 1.54) is 4.68 Å². The Balaban J connectivity index is 2.64. The van der Waals surface area contributed by atoms with Crippen LogP contribution in [0.4, 0.5) is 10.1 Å². The van der Waals surface area contributed by atoms with Gasteiger partial charge in [0.25, 0.3) is 0 Å². The molecule has 1 rings (SSSR count). The molecule has 5 nitrogen and oxygen atoms in total. The van der Waals surface area contributed by atoms with Crippen LogP contribution in [0.1, 0.15) is 11.4 Å². The van der Waals surface area contributed by atoms with Gasteiger partial charge in [-0.2, -0.15) is 5.10 Å². The summed E-state index contributed by atoms with van der Waals surface area (Å²) in [6.07, 6.45) is 0. The van der Waals surface area contributed by atoms with Crippen LogP contribution in [0.3, 0.4) is 0 Å². The lowest BCUT2D eigenvalue weighted by Crippen LogP contribution is -2.16. The van der Waals surface area contributed by atoms with E-state index in [2.05, 4.69) is 9.84 Å². The molecule has 0 radical (unpaired) electrons. The SMILES string of the molecule is Cc1nn(CC(=O)OCCF)c(C)c1N. The predicted molar refractivity (Wildman–Crippen MR) is 53.0 cm³/mol. The molecule has 0 amide bonds. The van der Waals surface area contributed by atoms with Gasteiger partial charge in [-0.25, -0.2) is 4.39 Å². The van der Waals surface area contributed by atoms with Crippen LogP contribution in [0.5, 0.6) is 0 Å². The van der Waals surface area contributed by atoms with Crippen molar-refractivity contribution in [3.8, 4) is 0 Å². The Morgan fingerprint density at radius 2 is 2.27 bits per heavy atom. The topological polar surface area (TPSA) is 70.1 Å². The number of halogens is 1. The number of aryl methyl sites for hydroxylation is 1. The number of carbonyl (C=O) groups is 1. The minimum Gasteiger partial charge on any atom is -0.462 e. The highest BCUT2D eigenvalue weighted by Gasteiger charge is 2.11.